The summed E-state index contributed by atoms with van der Waals surface area (Å²) in [5.41, 5.74) is 1.31. The highest BCUT2D eigenvalue weighted by Gasteiger charge is 2.19. The second-order valence-corrected chi connectivity index (χ2v) is 6.25. The molecule has 1 aromatic heterocycles. The van der Waals surface area contributed by atoms with Gasteiger partial charge in [-0.15, -0.1) is 0 Å². The Morgan fingerprint density at radius 2 is 2.44 bits per heavy atom. The highest BCUT2D eigenvalue weighted by atomic mass is 32.2. The van der Waals surface area contributed by atoms with Crippen molar-refractivity contribution in [2.75, 3.05) is 5.75 Å². The molecule has 0 amide bonds. The van der Waals surface area contributed by atoms with Crippen molar-refractivity contribution in [3.05, 3.63) is 22.4 Å². The molecule has 1 fully saturated rings. The Bertz CT molecular complexity index is 344. The predicted octanol–water partition coefficient (Wildman–Crippen LogP) is 3.36. The van der Waals surface area contributed by atoms with E-state index in [1.54, 1.807) is 11.3 Å². The minimum Gasteiger partial charge on any atom is -0.362 e. The number of hydrogen-bond acceptors (Lipinski definition) is 3. The van der Waals surface area contributed by atoms with E-state index in [1.165, 1.54) is 17.7 Å². The van der Waals surface area contributed by atoms with E-state index in [0.29, 0.717) is 12.0 Å². The molecule has 1 aliphatic heterocycles. The van der Waals surface area contributed by atoms with Crippen molar-refractivity contribution in [3.63, 3.8) is 0 Å². The van der Waals surface area contributed by atoms with Crippen molar-refractivity contribution in [3.8, 4) is 0 Å². The standard InChI is InChI=1S/C12H18N2S2/c1-9(2)11-4-6-16-12(14-11)13-7-10-3-5-15-8-10/h3,5,8-9,11H,4,6-7H2,1-2H3,(H,13,14). The summed E-state index contributed by atoms with van der Waals surface area (Å²) in [5.74, 6) is 1.88. The minimum absolute atomic E-state index is 0.600. The average Bonchev–Trinajstić information content (AvgIpc) is 2.79. The van der Waals surface area contributed by atoms with Crippen LogP contribution >= 0.6 is 23.1 Å². The van der Waals surface area contributed by atoms with Gasteiger partial charge in [-0.3, -0.25) is 4.99 Å². The molecular weight excluding hydrogens is 236 g/mol. The van der Waals surface area contributed by atoms with Crippen molar-refractivity contribution in [2.45, 2.75) is 32.9 Å². The lowest BCUT2D eigenvalue weighted by atomic mass is 10.0. The van der Waals surface area contributed by atoms with Crippen LogP contribution in [-0.4, -0.2) is 17.0 Å². The largest absolute Gasteiger partial charge is 0.362 e. The lowest BCUT2D eigenvalue weighted by Crippen LogP contribution is -2.41. The van der Waals surface area contributed by atoms with Crippen LogP contribution in [0.15, 0.2) is 21.8 Å². The molecule has 1 saturated heterocycles. The topological polar surface area (TPSA) is 24.4 Å². The third kappa shape index (κ3) is 3.25. The summed E-state index contributed by atoms with van der Waals surface area (Å²) in [5, 5.41) is 8.92. The van der Waals surface area contributed by atoms with Gasteiger partial charge >= 0.3 is 0 Å². The van der Waals surface area contributed by atoms with Crippen LogP contribution in [0.2, 0.25) is 0 Å². The number of hydrogen-bond donors (Lipinski definition) is 1. The van der Waals surface area contributed by atoms with E-state index in [2.05, 4.69) is 41.0 Å². The molecule has 0 aliphatic carbocycles. The maximum atomic E-state index is 4.63. The molecule has 0 saturated carbocycles. The molecule has 2 nitrogen and oxygen atoms in total. The number of nitrogens with one attached hydrogen (secondary N) is 1. The maximum absolute atomic E-state index is 4.63. The van der Waals surface area contributed by atoms with Crippen LogP contribution in [0.3, 0.4) is 0 Å². The first kappa shape index (κ1) is 12.0. The van der Waals surface area contributed by atoms with E-state index >= 15 is 0 Å². The SMILES string of the molecule is CC(C)C1CCSC(=NCc2ccsc2)N1. The summed E-state index contributed by atoms with van der Waals surface area (Å²) in [7, 11) is 0. The Morgan fingerprint density at radius 1 is 1.56 bits per heavy atom. The van der Waals surface area contributed by atoms with Gasteiger partial charge in [0.05, 0.1) is 6.54 Å². The van der Waals surface area contributed by atoms with Gasteiger partial charge in [-0.2, -0.15) is 11.3 Å². The molecule has 1 unspecified atom stereocenters. The van der Waals surface area contributed by atoms with Gasteiger partial charge in [0, 0.05) is 11.8 Å². The lowest BCUT2D eigenvalue weighted by molar-refractivity contribution is 0.442. The summed E-state index contributed by atoms with van der Waals surface area (Å²) in [6.07, 6.45) is 1.25. The Labute approximate surface area is 106 Å². The molecule has 0 spiro atoms. The number of nitrogens with zero attached hydrogens (tertiary/aromatic N) is 1. The summed E-state index contributed by atoms with van der Waals surface area (Å²) in [6.45, 7) is 5.35. The van der Waals surface area contributed by atoms with Crippen molar-refractivity contribution in [1.29, 1.82) is 0 Å². The van der Waals surface area contributed by atoms with Gasteiger partial charge in [-0.25, -0.2) is 0 Å². The Kier molecular flexibility index (Phi) is 4.29. The van der Waals surface area contributed by atoms with Crippen molar-refractivity contribution < 1.29 is 0 Å². The quantitative estimate of drug-likeness (QED) is 0.894. The van der Waals surface area contributed by atoms with Gasteiger partial charge in [0.25, 0.3) is 0 Å². The maximum Gasteiger partial charge on any atom is 0.157 e. The van der Waals surface area contributed by atoms with Crippen LogP contribution in [-0.2, 0) is 6.54 Å². The van der Waals surface area contributed by atoms with Gasteiger partial charge < -0.3 is 5.32 Å². The first-order valence-corrected chi connectivity index (χ1v) is 7.63. The van der Waals surface area contributed by atoms with E-state index in [4.69, 9.17) is 0 Å². The molecule has 0 aromatic carbocycles. The second kappa shape index (κ2) is 5.73. The highest BCUT2D eigenvalue weighted by molar-refractivity contribution is 8.13. The van der Waals surface area contributed by atoms with Gasteiger partial charge in [0.1, 0.15) is 0 Å². The van der Waals surface area contributed by atoms with E-state index in [1.807, 2.05) is 11.8 Å². The summed E-state index contributed by atoms with van der Waals surface area (Å²) in [4.78, 5) is 4.63. The summed E-state index contributed by atoms with van der Waals surface area (Å²) < 4.78 is 0. The molecule has 0 bridgehead atoms. The van der Waals surface area contributed by atoms with E-state index < -0.39 is 0 Å². The minimum atomic E-state index is 0.600. The van der Waals surface area contributed by atoms with Crippen molar-refractivity contribution >= 4 is 28.3 Å². The molecule has 2 heterocycles. The summed E-state index contributed by atoms with van der Waals surface area (Å²) >= 11 is 3.58. The predicted molar refractivity (Wildman–Crippen MR) is 74.3 cm³/mol. The number of amidine groups is 1. The smallest absolute Gasteiger partial charge is 0.157 e. The monoisotopic (exact) mass is 254 g/mol. The molecule has 1 atom stereocenters. The molecule has 1 aromatic rings. The van der Waals surface area contributed by atoms with Gasteiger partial charge in [-0.05, 0) is 34.7 Å². The zero-order valence-electron chi connectivity index (χ0n) is 9.77. The molecule has 88 valence electrons. The van der Waals surface area contributed by atoms with Gasteiger partial charge in [-0.1, -0.05) is 25.6 Å². The molecule has 1 N–H and O–H groups in total. The van der Waals surface area contributed by atoms with Crippen molar-refractivity contribution in [2.24, 2.45) is 10.9 Å². The zero-order chi connectivity index (χ0) is 11.4. The van der Waals surface area contributed by atoms with Crippen LogP contribution in [0.1, 0.15) is 25.8 Å². The fourth-order valence-corrected chi connectivity index (χ4v) is 3.31. The third-order valence-electron chi connectivity index (χ3n) is 2.77. The molecule has 2 rings (SSSR count). The zero-order valence-corrected chi connectivity index (χ0v) is 11.4. The summed E-state index contributed by atoms with van der Waals surface area (Å²) in [6, 6.07) is 2.74. The highest BCUT2D eigenvalue weighted by Crippen LogP contribution is 2.19. The first-order valence-electron chi connectivity index (χ1n) is 5.70. The number of aliphatic imine (C=N–C) groups is 1. The average molecular weight is 254 g/mol. The number of thiophene rings is 1. The lowest BCUT2D eigenvalue weighted by Gasteiger charge is -2.28. The Morgan fingerprint density at radius 3 is 3.12 bits per heavy atom. The fourth-order valence-electron chi connectivity index (χ4n) is 1.69. The van der Waals surface area contributed by atoms with Crippen LogP contribution in [0.4, 0.5) is 0 Å². The van der Waals surface area contributed by atoms with Crippen LogP contribution in [0.25, 0.3) is 0 Å². The van der Waals surface area contributed by atoms with Crippen LogP contribution < -0.4 is 5.32 Å². The van der Waals surface area contributed by atoms with E-state index in [0.717, 1.165) is 11.7 Å². The molecule has 16 heavy (non-hydrogen) atoms. The molecule has 4 heteroatoms. The number of thioether (sulfide) groups is 1. The van der Waals surface area contributed by atoms with Crippen molar-refractivity contribution in [1.82, 2.24) is 5.32 Å². The normalized spacial score (nSPS) is 23.7. The number of rotatable bonds is 3. The van der Waals surface area contributed by atoms with E-state index in [9.17, 15) is 0 Å². The fraction of sp³-hybridized carbons (Fsp3) is 0.583. The molecular formula is C12H18N2S2. The Hall–Kier alpha value is -0.480. The molecule has 1 aliphatic rings. The van der Waals surface area contributed by atoms with Gasteiger partial charge in [0.2, 0.25) is 0 Å². The first-order chi connectivity index (χ1) is 7.75. The van der Waals surface area contributed by atoms with Crippen LogP contribution in [0, 0.1) is 5.92 Å². The Balaban J connectivity index is 1.91. The van der Waals surface area contributed by atoms with E-state index in [-0.39, 0.29) is 0 Å². The van der Waals surface area contributed by atoms with Crippen LogP contribution in [0.5, 0.6) is 0 Å². The van der Waals surface area contributed by atoms with Gasteiger partial charge in [0.15, 0.2) is 5.17 Å². The second-order valence-electron chi connectivity index (χ2n) is 4.38. The third-order valence-corrected chi connectivity index (χ3v) is 4.46. The molecule has 0 radical (unpaired) electrons.